The van der Waals surface area contributed by atoms with Crippen LogP contribution in [0.5, 0.6) is 0 Å². The molecule has 2 aromatic carbocycles. The Morgan fingerprint density at radius 1 is 0.967 bits per heavy atom. The summed E-state index contributed by atoms with van der Waals surface area (Å²) in [5.41, 5.74) is 1.87. The first-order chi connectivity index (χ1) is 14.6. The van der Waals surface area contributed by atoms with Crippen molar-refractivity contribution >= 4 is 14.3 Å². The lowest BCUT2D eigenvalue weighted by Gasteiger charge is -2.34. The highest BCUT2D eigenvalue weighted by atomic mass is 28.4. The number of ether oxygens (including phenoxy) is 1. The van der Waals surface area contributed by atoms with Crippen LogP contribution in [-0.4, -0.2) is 26.5 Å². The molecule has 0 radical (unpaired) electrons. The van der Waals surface area contributed by atoms with Gasteiger partial charge in [-0.3, -0.25) is 0 Å². The molecule has 30 heavy (non-hydrogen) atoms. The lowest BCUT2D eigenvalue weighted by atomic mass is 10.0. The first-order valence-electron chi connectivity index (χ1n) is 11.2. The van der Waals surface area contributed by atoms with E-state index in [0.29, 0.717) is 12.0 Å². The Labute approximate surface area is 183 Å². The van der Waals surface area contributed by atoms with Gasteiger partial charge < -0.3 is 9.16 Å². The predicted octanol–water partition coefficient (Wildman–Crippen LogP) is 6.81. The molecule has 2 aromatic rings. The van der Waals surface area contributed by atoms with Crippen molar-refractivity contribution in [1.82, 2.24) is 0 Å². The van der Waals surface area contributed by atoms with Crippen molar-refractivity contribution < 1.29 is 14.0 Å². The molecule has 0 aliphatic rings. The summed E-state index contributed by atoms with van der Waals surface area (Å²) in [6, 6.07) is 22.9. The molecule has 0 bridgehead atoms. The quantitative estimate of drug-likeness (QED) is 0.201. The molecule has 2 atom stereocenters. The summed E-state index contributed by atoms with van der Waals surface area (Å²) >= 11 is 0. The van der Waals surface area contributed by atoms with Gasteiger partial charge in [-0.25, -0.2) is 4.79 Å². The first-order valence-corrected chi connectivity index (χ1v) is 13.7. The van der Waals surface area contributed by atoms with Gasteiger partial charge in [0.05, 0.1) is 5.56 Å². The molecule has 0 aromatic heterocycles. The van der Waals surface area contributed by atoms with Gasteiger partial charge in [-0.15, -0.1) is 0 Å². The van der Waals surface area contributed by atoms with E-state index in [1.54, 1.807) is 18.2 Å². The smallest absolute Gasteiger partial charge is 0.338 e. The maximum Gasteiger partial charge on any atom is 0.338 e. The summed E-state index contributed by atoms with van der Waals surface area (Å²) in [5, 5.41) is 0. The number of hydrogen-bond acceptors (Lipinski definition) is 3. The molecule has 0 saturated carbocycles. The Morgan fingerprint density at radius 2 is 1.53 bits per heavy atom. The third-order valence-electron chi connectivity index (χ3n) is 5.97. The second-order valence-electron chi connectivity index (χ2n) is 7.79. The van der Waals surface area contributed by atoms with E-state index in [9.17, 15) is 4.79 Å². The molecule has 0 saturated heterocycles. The van der Waals surface area contributed by atoms with Crippen molar-refractivity contribution in [2.75, 3.05) is 0 Å². The van der Waals surface area contributed by atoms with E-state index >= 15 is 0 Å². The lowest BCUT2D eigenvalue weighted by molar-refractivity contribution is 0.0280. The normalized spacial score (nSPS) is 13.4. The van der Waals surface area contributed by atoms with Crippen LogP contribution in [0.15, 0.2) is 73.3 Å². The van der Waals surface area contributed by atoms with E-state index in [2.05, 4.69) is 51.6 Å². The maximum atomic E-state index is 12.5. The highest BCUT2D eigenvalue weighted by Crippen LogP contribution is 2.27. The molecule has 3 nitrogen and oxygen atoms in total. The summed E-state index contributed by atoms with van der Waals surface area (Å²) in [7, 11) is -1.78. The molecule has 0 aliphatic heterocycles. The SMILES string of the molecule is C=C[C@@H](C[C@@H](CCc1ccccc1)O[Si](CC)(CC)CC)OC(=O)c1ccccc1. The average molecular weight is 425 g/mol. The minimum absolute atomic E-state index is 0.0447. The van der Waals surface area contributed by atoms with E-state index < -0.39 is 8.32 Å². The molecule has 162 valence electrons. The topological polar surface area (TPSA) is 35.5 Å². The van der Waals surface area contributed by atoms with Crippen LogP contribution in [0.2, 0.25) is 18.1 Å². The molecule has 0 unspecified atom stereocenters. The van der Waals surface area contributed by atoms with E-state index in [0.717, 1.165) is 31.0 Å². The fourth-order valence-corrected chi connectivity index (χ4v) is 6.70. The second kappa shape index (κ2) is 12.5. The van der Waals surface area contributed by atoms with Crippen LogP contribution in [0, 0.1) is 0 Å². The van der Waals surface area contributed by atoms with Crippen LogP contribution >= 0.6 is 0 Å². The highest BCUT2D eigenvalue weighted by Gasteiger charge is 2.33. The van der Waals surface area contributed by atoms with Crippen molar-refractivity contribution in [3.05, 3.63) is 84.4 Å². The van der Waals surface area contributed by atoms with Crippen LogP contribution < -0.4 is 0 Å². The minimum Gasteiger partial charge on any atom is -0.454 e. The lowest BCUT2D eigenvalue weighted by Crippen LogP contribution is -2.41. The zero-order valence-electron chi connectivity index (χ0n) is 18.7. The van der Waals surface area contributed by atoms with Gasteiger partial charge in [0.1, 0.15) is 6.10 Å². The van der Waals surface area contributed by atoms with E-state index in [1.165, 1.54) is 5.56 Å². The molecule has 0 amide bonds. The number of rotatable bonds is 13. The third-order valence-corrected chi connectivity index (χ3v) is 10.7. The molecule has 0 spiro atoms. The molecule has 0 aliphatic carbocycles. The van der Waals surface area contributed by atoms with Gasteiger partial charge in [0.2, 0.25) is 0 Å². The standard InChI is InChI=1S/C26H36O3Si/c1-5-24(28-26(27)23-17-13-10-14-18-23)21-25(29-30(6-2,7-3)8-4)20-19-22-15-11-9-12-16-22/h5,9-18,24-25H,1,6-8,19-21H2,2-4H3/t24-,25+/m0/s1. The van der Waals surface area contributed by atoms with E-state index in [1.807, 2.05) is 24.3 Å². The molecule has 0 heterocycles. The Kier molecular flexibility index (Phi) is 10.0. The third kappa shape index (κ3) is 7.26. The number of hydrogen-bond donors (Lipinski definition) is 0. The summed E-state index contributed by atoms with van der Waals surface area (Å²) in [6.45, 7) is 10.6. The molecule has 0 fully saturated rings. The first kappa shape index (κ1) is 24.1. The second-order valence-corrected chi connectivity index (χ2v) is 12.5. The number of esters is 1. The minimum atomic E-state index is -1.78. The van der Waals surface area contributed by atoms with Crippen LogP contribution in [0.4, 0.5) is 0 Å². The number of carbonyl (C=O) groups is 1. The number of benzene rings is 2. The molecule has 0 N–H and O–H groups in total. The fourth-order valence-electron chi connectivity index (χ4n) is 3.78. The summed E-state index contributed by atoms with van der Waals surface area (Å²) in [5.74, 6) is -0.313. The number of aryl methyl sites for hydroxylation is 1. The zero-order chi connectivity index (χ0) is 21.8. The maximum absolute atomic E-state index is 12.5. The van der Waals surface area contributed by atoms with Crippen LogP contribution in [0.1, 0.15) is 49.5 Å². The average Bonchev–Trinajstić information content (AvgIpc) is 2.81. The highest BCUT2D eigenvalue weighted by molar-refractivity contribution is 6.73. The molecular formula is C26H36O3Si. The van der Waals surface area contributed by atoms with Crippen molar-refractivity contribution in [3.8, 4) is 0 Å². The molecule has 4 heteroatoms. The Morgan fingerprint density at radius 3 is 2.07 bits per heavy atom. The van der Waals surface area contributed by atoms with Gasteiger partial charge in [-0.05, 0) is 48.7 Å². The van der Waals surface area contributed by atoms with E-state index in [4.69, 9.17) is 9.16 Å². The van der Waals surface area contributed by atoms with Crippen molar-refractivity contribution in [2.45, 2.75) is 70.4 Å². The fraction of sp³-hybridized carbons (Fsp3) is 0.423. The van der Waals surface area contributed by atoms with Gasteiger partial charge in [0, 0.05) is 12.5 Å². The van der Waals surface area contributed by atoms with Crippen molar-refractivity contribution in [2.24, 2.45) is 0 Å². The summed E-state index contributed by atoms with van der Waals surface area (Å²) in [6.07, 6.45) is 3.91. The van der Waals surface area contributed by atoms with Crippen LogP contribution in [-0.2, 0) is 15.6 Å². The van der Waals surface area contributed by atoms with Gasteiger partial charge in [-0.1, -0.05) is 82.0 Å². The Balaban J connectivity index is 2.10. The number of carbonyl (C=O) groups excluding carboxylic acids is 1. The zero-order valence-corrected chi connectivity index (χ0v) is 19.7. The van der Waals surface area contributed by atoms with Crippen molar-refractivity contribution in [1.29, 1.82) is 0 Å². The molecular weight excluding hydrogens is 388 g/mol. The van der Waals surface area contributed by atoms with Crippen LogP contribution in [0.25, 0.3) is 0 Å². The van der Waals surface area contributed by atoms with Gasteiger partial charge >= 0.3 is 5.97 Å². The van der Waals surface area contributed by atoms with Gasteiger partial charge in [0.15, 0.2) is 8.32 Å². The Bertz CT molecular complexity index is 748. The largest absolute Gasteiger partial charge is 0.454 e. The predicted molar refractivity (Wildman–Crippen MR) is 127 cm³/mol. The molecule has 2 rings (SSSR count). The summed E-state index contributed by atoms with van der Waals surface area (Å²) < 4.78 is 12.6. The Hall–Kier alpha value is -2.17. The van der Waals surface area contributed by atoms with Gasteiger partial charge in [-0.2, -0.15) is 0 Å². The van der Waals surface area contributed by atoms with Crippen LogP contribution in [0.3, 0.4) is 0 Å². The monoisotopic (exact) mass is 424 g/mol. The summed E-state index contributed by atoms with van der Waals surface area (Å²) in [4.78, 5) is 12.5. The van der Waals surface area contributed by atoms with Gasteiger partial charge in [0.25, 0.3) is 0 Å². The van der Waals surface area contributed by atoms with E-state index in [-0.39, 0.29) is 18.2 Å². The van der Waals surface area contributed by atoms with Crippen molar-refractivity contribution in [3.63, 3.8) is 0 Å².